The number of likely N-dealkylation sites (tertiary alicyclic amines) is 1. The van der Waals surface area contributed by atoms with Crippen molar-refractivity contribution in [1.29, 1.82) is 5.26 Å². The van der Waals surface area contributed by atoms with Crippen molar-refractivity contribution < 1.29 is 32.5 Å². The van der Waals surface area contributed by atoms with Crippen molar-refractivity contribution in [3.8, 4) is 23.3 Å². The topological polar surface area (TPSA) is 95.2 Å². The fourth-order valence-corrected chi connectivity index (χ4v) is 4.65. The minimum Gasteiger partial charge on any atom is -0.493 e. The van der Waals surface area contributed by atoms with Crippen molar-refractivity contribution >= 4 is 28.9 Å². The molecular formula is C24H20F3N3O4S. The van der Waals surface area contributed by atoms with Crippen LogP contribution < -0.4 is 9.47 Å². The second kappa shape index (κ2) is 10.0. The maximum Gasteiger partial charge on any atom is 0.420 e. The maximum atomic E-state index is 13.5. The molecule has 1 N–H and O–H groups in total. The summed E-state index contributed by atoms with van der Waals surface area (Å²) in [6.45, 7) is 1.13. The molecule has 1 unspecified atom stereocenters. The lowest BCUT2D eigenvalue weighted by atomic mass is 10.1. The third-order valence-electron chi connectivity index (χ3n) is 5.40. The number of hydrogen-bond acceptors (Lipinski definition) is 7. The summed E-state index contributed by atoms with van der Waals surface area (Å²) in [6, 6.07) is 9.29. The van der Waals surface area contributed by atoms with Crippen LogP contribution in [-0.4, -0.2) is 47.4 Å². The summed E-state index contributed by atoms with van der Waals surface area (Å²) >= 11 is 1.20. The Morgan fingerprint density at radius 3 is 2.69 bits per heavy atom. The number of β-amino-alcohol motifs (C(OH)–C–C–N with tert-alkyl or cyclic N) is 1. The summed E-state index contributed by atoms with van der Waals surface area (Å²) < 4.78 is 51.2. The van der Waals surface area contributed by atoms with E-state index in [-0.39, 0.29) is 17.1 Å². The Morgan fingerprint density at radius 2 is 2.00 bits per heavy atom. The van der Waals surface area contributed by atoms with Gasteiger partial charge in [0.2, 0.25) is 0 Å². The summed E-state index contributed by atoms with van der Waals surface area (Å²) in [5.74, 6) is -0.678. The quantitative estimate of drug-likeness (QED) is 0.599. The molecule has 2 aromatic rings. The second-order valence-corrected chi connectivity index (χ2v) is 8.89. The van der Waals surface area contributed by atoms with Gasteiger partial charge < -0.3 is 19.5 Å². The monoisotopic (exact) mass is 503 g/mol. The SMILES string of the molecule is COc1cc(/C=C2\SC(N3CCCC(O)C3)=NC2=O)ccc1Oc1ccc(C#N)cc1C(F)(F)F. The van der Waals surface area contributed by atoms with Crippen LogP contribution in [0.25, 0.3) is 6.08 Å². The third kappa shape index (κ3) is 5.61. The molecule has 1 fully saturated rings. The number of hydrogen-bond donors (Lipinski definition) is 1. The number of carbonyl (C=O) groups is 1. The lowest BCUT2D eigenvalue weighted by Gasteiger charge is -2.30. The zero-order valence-electron chi connectivity index (χ0n) is 18.5. The highest BCUT2D eigenvalue weighted by Crippen LogP contribution is 2.41. The van der Waals surface area contributed by atoms with E-state index in [2.05, 4.69) is 4.99 Å². The molecule has 1 atom stereocenters. The van der Waals surface area contributed by atoms with Crippen molar-refractivity contribution in [3.63, 3.8) is 0 Å². The van der Waals surface area contributed by atoms with Crippen molar-refractivity contribution in [2.24, 2.45) is 4.99 Å². The van der Waals surface area contributed by atoms with Crippen LogP contribution in [0, 0.1) is 11.3 Å². The molecule has 1 saturated heterocycles. The van der Waals surface area contributed by atoms with Crippen LogP contribution in [-0.2, 0) is 11.0 Å². The average molecular weight is 504 g/mol. The fraction of sp³-hybridized carbons (Fsp3) is 0.292. The normalized spacial score (nSPS) is 19.5. The molecule has 182 valence electrons. The number of carbonyl (C=O) groups excluding carboxylic acids is 1. The Labute approximate surface area is 203 Å². The average Bonchev–Trinajstić information content (AvgIpc) is 3.19. The Kier molecular flexibility index (Phi) is 7.05. The van der Waals surface area contributed by atoms with E-state index < -0.39 is 29.5 Å². The van der Waals surface area contributed by atoms with E-state index in [0.717, 1.165) is 18.6 Å². The summed E-state index contributed by atoms with van der Waals surface area (Å²) in [4.78, 5) is 18.8. The predicted octanol–water partition coefficient (Wildman–Crippen LogP) is 4.80. The molecule has 0 radical (unpaired) electrons. The highest BCUT2D eigenvalue weighted by molar-refractivity contribution is 8.18. The van der Waals surface area contributed by atoms with E-state index in [1.54, 1.807) is 18.2 Å². The number of piperidine rings is 1. The molecule has 35 heavy (non-hydrogen) atoms. The van der Waals surface area contributed by atoms with Gasteiger partial charge in [0, 0.05) is 13.1 Å². The first-order valence-electron chi connectivity index (χ1n) is 10.6. The van der Waals surface area contributed by atoms with E-state index >= 15 is 0 Å². The zero-order valence-corrected chi connectivity index (χ0v) is 19.3. The molecule has 2 heterocycles. The van der Waals surface area contributed by atoms with Crippen molar-refractivity contribution in [2.75, 3.05) is 20.2 Å². The van der Waals surface area contributed by atoms with Gasteiger partial charge in [-0.1, -0.05) is 6.07 Å². The van der Waals surface area contributed by atoms with Gasteiger partial charge in [-0.2, -0.15) is 23.4 Å². The standard InChI is InChI=1S/C24H20F3N3O4S/c1-33-20-10-14(11-21-22(32)29-23(35-21)30-8-2-3-16(31)13-30)4-7-19(20)34-18-6-5-15(12-28)9-17(18)24(25,26)27/h4-7,9-11,16,31H,2-3,8,13H2,1H3/b21-11-. The molecule has 0 aliphatic carbocycles. The van der Waals surface area contributed by atoms with Crippen LogP contribution in [0.3, 0.4) is 0 Å². The molecule has 2 aliphatic rings. The number of halogens is 3. The number of nitrogens with zero attached hydrogens (tertiary/aromatic N) is 3. The number of thioether (sulfide) groups is 1. The Morgan fingerprint density at radius 1 is 1.23 bits per heavy atom. The number of rotatable bonds is 4. The van der Waals surface area contributed by atoms with Gasteiger partial charge in [0.15, 0.2) is 16.7 Å². The van der Waals surface area contributed by atoms with E-state index in [4.69, 9.17) is 14.7 Å². The smallest absolute Gasteiger partial charge is 0.420 e. The van der Waals surface area contributed by atoms with Crippen molar-refractivity contribution in [2.45, 2.75) is 25.1 Å². The van der Waals surface area contributed by atoms with Gasteiger partial charge in [0.25, 0.3) is 5.91 Å². The Bertz CT molecular complexity index is 1250. The molecule has 1 amide bonds. The summed E-state index contributed by atoms with van der Waals surface area (Å²) in [6.07, 6.45) is -2.05. The molecule has 0 bridgehead atoms. The second-order valence-electron chi connectivity index (χ2n) is 7.89. The maximum absolute atomic E-state index is 13.5. The molecule has 7 nitrogen and oxygen atoms in total. The third-order valence-corrected chi connectivity index (χ3v) is 6.44. The molecule has 2 aromatic carbocycles. The van der Waals surface area contributed by atoms with Crippen LogP contribution in [0.2, 0.25) is 0 Å². The van der Waals surface area contributed by atoms with Gasteiger partial charge in [0.05, 0.1) is 35.3 Å². The molecule has 4 rings (SSSR count). The minimum absolute atomic E-state index is 0.0366. The first kappa shape index (κ1) is 24.6. The molecule has 0 spiro atoms. The van der Waals surface area contributed by atoms with Gasteiger partial charge in [0.1, 0.15) is 5.75 Å². The number of aliphatic hydroxyl groups excluding tert-OH is 1. The predicted molar refractivity (Wildman–Crippen MR) is 124 cm³/mol. The van der Waals surface area contributed by atoms with Gasteiger partial charge >= 0.3 is 6.18 Å². The molecule has 11 heteroatoms. The number of aliphatic hydroxyl groups is 1. The number of methoxy groups -OCH3 is 1. The highest BCUT2D eigenvalue weighted by Gasteiger charge is 2.35. The first-order valence-corrected chi connectivity index (χ1v) is 11.4. The lowest BCUT2D eigenvalue weighted by molar-refractivity contribution is -0.138. The molecule has 2 aliphatic heterocycles. The van der Waals surface area contributed by atoms with Gasteiger partial charge in [-0.15, -0.1) is 0 Å². The Hall–Kier alpha value is -3.49. The van der Waals surface area contributed by atoms with Crippen LogP contribution in [0.5, 0.6) is 17.2 Å². The van der Waals surface area contributed by atoms with Crippen LogP contribution in [0.4, 0.5) is 13.2 Å². The van der Waals surface area contributed by atoms with Crippen LogP contribution >= 0.6 is 11.8 Å². The van der Waals surface area contributed by atoms with Gasteiger partial charge in [-0.3, -0.25) is 4.79 Å². The number of benzene rings is 2. The van der Waals surface area contributed by atoms with Crippen LogP contribution in [0.15, 0.2) is 46.3 Å². The minimum atomic E-state index is -4.72. The van der Waals surface area contributed by atoms with Gasteiger partial charge in [-0.05, 0) is 66.6 Å². The zero-order chi connectivity index (χ0) is 25.2. The van der Waals surface area contributed by atoms with E-state index in [1.807, 2.05) is 4.90 Å². The number of nitriles is 1. The van der Waals surface area contributed by atoms with E-state index in [1.165, 1.54) is 37.1 Å². The van der Waals surface area contributed by atoms with Crippen molar-refractivity contribution in [3.05, 3.63) is 58.0 Å². The molecular weight excluding hydrogens is 483 g/mol. The lowest BCUT2D eigenvalue weighted by Crippen LogP contribution is -2.40. The number of amides is 1. The highest BCUT2D eigenvalue weighted by atomic mass is 32.2. The fourth-order valence-electron chi connectivity index (χ4n) is 3.70. The van der Waals surface area contributed by atoms with Crippen LogP contribution in [0.1, 0.15) is 29.5 Å². The molecule has 0 aromatic heterocycles. The Balaban J connectivity index is 1.56. The summed E-state index contributed by atoms with van der Waals surface area (Å²) in [5, 5.41) is 19.3. The van der Waals surface area contributed by atoms with E-state index in [9.17, 15) is 23.1 Å². The van der Waals surface area contributed by atoms with E-state index in [0.29, 0.717) is 35.1 Å². The number of alkyl halides is 3. The number of amidine groups is 1. The number of ether oxygens (including phenoxy) is 2. The number of aliphatic imine (C=N–C) groups is 1. The first-order chi connectivity index (χ1) is 16.7. The summed E-state index contributed by atoms with van der Waals surface area (Å²) in [5.41, 5.74) is -0.653. The molecule has 0 saturated carbocycles. The largest absolute Gasteiger partial charge is 0.493 e. The van der Waals surface area contributed by atoms with Crippen molar-refractivity contribution in [1.82, 2.24) is 4.90 Å². The summed E-state index contributed by atoms with van der Waals surface area (Å²) in [7, 11) is 1.35. The van der Waals surface area contributed by atoms with Gasteiger partial charge in [-0.25, -0.2) is 0 Å².